The highest BCUT2D eigenvalue weighted by Gasteiger charge is 2.26. The molecule has 2 amide bonds. The van der Waals surface area contributed by atoms with Crippen molar-refractivity contribution in [3.05, 3.63) is 83.7 Å². The molecular formula is C32H42FN3O4. The minimum atomic E-state index is -0.240. The van der Waals surface area contributed by atoms with Gasteiger partial charge in [0.05, 0.1) is 26.4 Å². The molecule has 2 aliphatic carbocycles. The number of morpholine rings is 1. The molecule has 1 heterocycles. The van der Waals surface area contributed by atoms with Gasteiger partial charge in [-0.05, 0) is 61.6 Å². The average Bonchev–Trinajstić information content (AvgIpc) is 3.86. The monoisotopic (exact) mass is 551 g/mol. The SMILES string of the molecule is CNCCOC.FC1=CC=C(C2CC2)CC1.O=C(NCC(=O)N1CCOCC1)c1ccc(-c2ccccc2)cc1. The van der Waals surface area contributed by atoms with Crippen LogP contribution in [0.5, 0.6) is 0 Å². The van der Waals surface area contributed by atoms with Crippen LogP contribution < -0.4 is 10.6 Å². The van der Waals surface area contributed by atoms with E-state index in [2.05, 4.69) is 10.6 Å². The smallest absolute Gasteiger partial charge is 0.251 e. The van der Waals surface area contributed by atoms with Gasteiger partial charge in [0.2, 0.25) is 5.91 Å². The molecule has 5 rings (SSSR count). The largest absolute Gasteiger partial charge is 0.383 e. The zero-order valence-electron chi connectivity index (χ0n) is 23.7. The molecular weight excluding hydrogens is 509 g/mol. The lowest BCUT2D eigenvalue weighted by Crippen LogP contribution is -2.45. The molecule has 0 unspecified atom stereocenters. The maximum Gasteiger partial charge on any atom is 0.251 e. The molecule has 2 fully saturated rings. The van der Waals surface area contributed by atoms with Crippen LogP contribution in [0.1, 0.15) is 36.0 Å². The first-order valence-electron chi connectivity index (χ1n) is 14.0. The average molecular weight is 552 g/mol. The Labute approximate surface area is 237 Å². The van der Waals surface area contributed by atoms with Crippen molar-refractivity contribution < 1.29 is 23.5 Å². The summed E-state index contributed by atoms with van der Waals surface area (Å²) in [5.41, 5.74) is 4.18. The zero-order valence-corrected chi connectivity index (χ0v) is 23.7. The molecule has 1 saturated heterocycles. The van der Waals surface area contributed by atoms with Crippen molar-refractivity contribution in [3.63, 3.8) is 0 Å². The number of methoxy groups -OCH3 is 1. The molecule has 7 nitrogen and oxygen atoms in total. The first-order chi connectivity index (χ1) is 19.5. The van der Waals surface area contributed by atoms with Crippen LogP contribution in [0.15, 0.2) is 78.1 Å². The van der Waals surface area contributed by atoms with Crippen molar-refractivity contribution in [2.75, 3.05) is 60.2 Å². The number of rotatable bonds is 8. The summed E-state index contributed by atoms with van der Waals surface area (Å²) in [5.74, 6) is 0.553. The highest BCUT2D eigenvalue weighted by Crippen LogP contribution is 2.40. The number of amides is 2. The third-order valence-electron chi connectivity index (χ3n) is 6.81. The summed E-state index contributed by atoms with van der Waals surface area (Å²) in [6.07, 6.45) is 7.87. The molecule has 2 aromatic rings. The van der Waals surface area contributed by atoms with E-state index in [1.165, 1.54) is 18.4 Å². The summed E-state index contributed by atoms with van der Waals surface area (Å²) in [6.45, 7) is 4.04. The maximum absolute atomic E-state index is 12.5. The summed E-state index contributed by atoms with van der Waals surface area (Å²) in [7, 11) is 3.59. The molecule has 1 aliphatic heterocycles. The van der Waals surface area contributed by atoms with E-state index in [1.54, 1.807) is 30.2 Å². The summed E-state index contributed by atoms with van der Waals surface area (Å²) in [5, 5.41) is 5.63. The number of likely N-dealkylation sites (N-methyl/N-ethyl adjacent to an activating group) is 1. The third kappa shape index (κ3) is 11.0. The van der Waals surface area contributed by atoms with E-state index >= 15 is 0 Å². The van der Waals surface area contributed by atoms with Crippen LogP contribution in [-0.4, -0.2) is 76.9 Å². The molecule has 0 bridgehead atoms. The topological polar surface area (TPSA) is 79.9 Å². The Kier molecular flexibility index (Phi) is 13.6. The van der Waals surface area contributed by atoms with Crippen molar-refractivity contribution >= 4 is 11.8 Å². The van der Waals surface area contributed by atoms with Crippen molar-refractivity contribution in [3.8, 4) is 11.1 Å². The molecule has 1 saturated carbocycles. The predicted octanol–water partition coefficient (Wildman–Crippen LogP) is 4.76. The molecule has 40 heavy (non-hydrogen) atoms. The van der Waals surface area contributed by atoms with Gasteiger partial charge in [0.15, 0.2) is 0 Å². The van der Waals surface area contributed by atoms with Crippen molar-refractivity contribution in [2.24, 2.45) is 5.92 Å². The Bertz CT molecular complexity index is 1100. The fraction of sp³-hybridized carbons (Fsp3) is 0.438. The number of nitrogens with one attached hydrogen (secondary N) is 2. The van der Waals surface area contributed by atoms with E-state index < -0.39 is 0 Å². The normalized spacial score (nSPS) is 16.3. The Morgan fingerprint density at radius 1 is 0.975 bits per heavy atom. The van der Waals surface area contributed by atoms with Crippen LogP contribution in [0.25, 0.3) is 11.1 Å². The van der Waals surface area contributed by atoms with Crippen LogP contribution in [0.2, 0.25) is 0 Å². The van der Waals surface area contributed by atoms with E-state index in [1.807, 2.05) is 55.6 Å². The number of hydrogen-bond acceptors (Lipinski definition) is 5. The second-order valence-corrected chi connectivity index (χ2v) is 9.84. The fourth-order valence-corrected chi connectivity index (χ4v) is 4.25. The van der Waals surface area contributed by atoms with Gasteiger partial charge in [0.25, 0.3) is 5.91 Å². The second-order valence-electron chi connectivity index (χ2n) is 9.84. The molecule has 8 heteroatoms. The molecule has 0 spiro atoms. The molecule has 0 atom stereocenters. The van der Waals surface area contributed by atoms with E-state index in [-0.39, 0.29) is 24.2 Å². The molecule has 216 valence electrons. The summed E-state index contributed by atoms with van der Waals surface area (Å²) >= 11 is 0. The van der Waals surface area contributed by atoms with Gasteiger partial charge in [-0.1, -0.05) is 54.1 Å². The predicted molar refractivity (Wildman–Crippen MR) is 157 cm³/mol. The quantitative estimate of drug-likeness (QED) is 0.463. The Morgan fingerprint density at radius 3 is 2.20 bits per heavy atom. The van der Waals surface area contributed by atoms with Gasteiger partial charge < -0.3 is 25.0 Å². The van der Waals surface area contributed by atoms with Crippen LogP contribution in [0.3, 0.4) is 0 Å². The standard InChI is InChI=1S/C19H20N2O3.C9H11F.C4H11NO/c22-18(21-10-12-24-13-11-21)14-20-19(23)17-8-6-16(7-9-17)15-4-2-1-3-5-15;10-9-5-3-8(4-6-9)7-1-2-7;1-5-3-4-6-2/h1-9H,10-14H2,(H,20,23);3,5,7H,1-2,4,6H2;5H,3-4H2,1-2H3. The number of carbonyl (C=O) groups excluding carboxylic acids is 2. The minimum absolute atomic E-state index is 0.0132. The minimum Gasteiger partial charge on any atom is -0.383 e. The van der Waals surface area contributed by atoms with Gasteiger partial charge in [-0.3, -0.25) is 9.59 Å². The highest BCUT2D eigenvalue weighted by molar-refractivity contribution is 5.96. The second kappa shape index (κ2) is 17.4. The summed E-state index contributed by atoms with van der Waals surface area (Å²) in [4.78, 5) is 25.9. The van der Waals surface area contributed by atoms with E-state index in [9.17, 15) is 14.0 Å². The Morgan fingerprint density at radius 2 is 1.65 bits per heavy atom. The van der Waals surface area contributed by atoms with Gasteiger partial charge in [-0.2, -0.15) is 0 Å². The lowest BCUT2D eigenvalue weighted by atomic mass is 10.0. The number of nitrogens with zero attached hydrogens (tertiary/aromatic N) is 1. The first-order valence-corrected chi connectivity index (χ1v) is 14.0. The fourth-order valence-electron chi connectivity index (χ4n) is 4.25. The van der Waals surface area contributed by atoms with Crippen LogP contribution in [-0.2, 0) is 14.3 Å². The maximum atomic E-state index is 12.5. The van der Waals surface area contributed by atoms with Crippen LogP contribution in [0.4, 0.5) is 4.39 Å². The van der Waals surface area contributed by atoms with Crippen molar-refractivity contribution in [2.45, 2.75) is 25.7 Å². The van der Waals surface area contributed by atoms with Gasteiger partial charge in [-0.15, -0.1) is 0 Å². The Balaban J connectivity index is 0.000000225. The van der Waals surface area contributed by atoms with Crippen LogP contribution in [0, 0.1) is 5.92 Å². The van der Waals surface area contributed by atoms with Crippen molar-refractivity contribution in [1.82, 2.24) is 15.5 Å². The van der Waals surface area contributed by atoms with Crippen molar-refractivity contribution in [1.29, 1.82) is 0 Å². The molecule has 2 aromatic carbocycles. The highest BCUT2D eigenvalue weighted by atomic mass is 19.1. The summed E-state index contributed by atoms with van der Waals surface area (Å²) < 4.78 is 22.4. The number of allylic oxidation sites excluding steroid dienone is 4. The van der Waals surface area contributed by atoms with Crippen LogP contribution >= 0.6 is 0 Å². The zero-order chi connectivity index (χ0) is 28.6. The molecule has 2 N–H and O–H groups in total. The van der Waals surface area contributed by atoms with Gasteiger partial charge >= 0.3 is 0 Å². The number of benzene rings is 2. The number of carbonyl (C=O) groups is 2. The van der Waals surface area contributed by atoms with E-state index in [4.69, 9.17) is 9.47 Å². The number of halogens is 1. The van der Waals surface area contributed by atoms with E-state index in [0.29, 0.717) is 38.3 Å². The lowest BCUT2D eigenvalue weighted by molar-refractivity contribution is -0.134. The first kappa shape index (κ1) is 31.2. The number of hydrogen-bond donors (Lipinski definition) is 2. The molecule has 3 aliphatic rings. The third-order valence-corrected chi connectivity index (χ3v) is 6.81. The van der Waals surface area contributed by atoms with Gasteiger partial charge in [-0.25, -0.2) is 4.39 Å². The van der Waals surface area contributed by atoms with E-state index in [0.717, 1.165) is 36.6 Å². The molecule has 0 aromatic heterocycles. The summed E-state index contributed by atoms with van der Waals surface area (Å²) in [6, 6.07) is 17.3. The number of ether oxygens (including phenoxy) is 2. The lowest BCUT2D eigenvalue weighted by Gasteiger charge is -2.26. The van der Waals surface area contributed by atoms with Gasteiger partial charge in [0.1, 0.15) is 5.83 Å². The molecule has 0 radical (unpaired) electrons. The Hall–Kier alpha value is -3.33. The van der Waals surface area contributed by atoms with Gasteiger partial charge in [0, 0.05) is 38.7 Å².